The number of carbonyl (C=O) groups is 1. The highest BCUT2D eigenvalue weighted by Crippen LogP contribution is 2.29. The average Bonchev–Trinajstić information content (AvgIpc) is 2.56. The van der Waals surface area contributed by atoms with E-state index in [0.29, 0.717) is 5.69 Å². The van der Waals surface area contributed by atoms with Gasteiger partial charge in [0.05, 0.1) is 18.6 Å². The van der Waals surface area contributed by atoms with Crippen LogP contribution in [0.25, 0.3) is 0 Å². The molecule has 0 unspecified atom stereocenters. The fourth-order valence-electron chi connectivity index (χ4n) is 2.34. The van der Waals surface area contributed by atoms with Gasteiger partial charge in [0.25, 0.3) is 10.0 Å². The molecule has 2 aromatic carbocycles. The summed E-state index contributed by atoms with van der Waals surface area (Å²) < 4.78 is 47.3. The average molecular weight is 443 g/mol. The maximum Gasteiger partial charge on any atom is 0.264 e. The van der Waals surface area contributed by atoms with E-state index >= 15 is 0 Å². The molecule has 2 N–H and O–H groups in total. The van der Waals surface area contributed by atoms with E-state index in [2.05, 4.69) is 26.0 Å². The van der Waals surface area contributed by atoms with Crippen LogP contribution < -0.4 is 10.0 Å². The maximum absolute atomic E-state index is 14.1. The van der Waals surface area contributed by atoms with Crippen LogP contribution in [-0.2, 0) is 19.6 Å². The number of ether oxygens (including phenoxy) is 1. The van der Waals surface area contributed by atoms with Crippen molar-refractivity contribution in [3.8, 4) is 0 Å². The summed E-state index contributed by atoms with van der Waals surface area (Å²) >= 11 is 3.25. The number of halogens is 2. The zero-order valence-corrected chi connectivity index (χ0v) is 16.2. The number of nitrogens with one attached hydrogen (secondary N) is 2. The maximum atomic E-state index is 14.1. The van der Waals surface area contributed by atoms with Crippen LogP contribution in [0.15, 0.2) is 51.8 Å². The van der Waals surface area contributed by atoms with Gasteiger partial charge < -0.3 is 10.1 Å². The van der Waals surface area contributed by atoms with Gasteiger partial charge in [-0.2, -0.15) is 0 Å². The second-order valence-corrected chi connectivity index (χ2v) is 8.83. The number of rotatable bonds is 5. The fourth-order valence-corrected chi connectivity index (χ4v) is 3.76. The zero-order chi connectivity index (χ0) is 18.9. The van der Waals surface area contributed by atoms with E-state index in [1.165, 1.54) is 6.07 Å². The van der Waals surface area contributed by atoms with E-state index < -0.39 is 26.2 Å². The Kier molecular flexibility index (Phi) is 5.05. The van der Waals surface area contributed by atoms with Gasteiger partial charge in [0.1, 0.15) is 10.7 Å². The molecule has 0 saturated carbocycles. The van der Waals surface area contributed by atoms with Gasteiger partial charge in [-0.25, -0.2) is 12.8 Å². The van der Waals surface area contributed by atoms with Crippen LogP contribution >= 0.6 is 15.9 Å². The van der Waals surface area contributed by atoms with Crippen LogP contribution in [0.4, 0.5) is 15.8 Å². The number of sulfonamides is 1. The summed E-state index contributed by atoms with van der Waals surface area (Å²) in [5, 5.41) is 2.61. The molecule has 9 heteroatoms. The molecular weight excluding hydrogens is 427 g/mol. The molecule has 1 heterocycles. The van der Waals surface area contributed by atoms with Crippen LogP contribution in [-0.4, -0.2) is 27.5 Å². The first kappa shape index (κ1) is 18.8. The van der Waals surface area contributed by atoms with Gasteiger partial charge in [-0.05, 0) is 49.4 Å². The van der Waals surface area contributed by atoms with Crippen LogP contribution in [0.2, 0.25) is 0 Å². The van der Waals surface area contributed by atoms with Crippen LogP contribution in [0, 0.1) is 11.2 Å². The fraction of sp³-hybridized carbons (Fsp3) is 0.235. The van der Waals surface area contributed by atoms with Gasteiger partial charge >= 0.3 is 0 Å². The Morgan fingerprint density at radius 3 is 2.35 bits per heavy atom. The molecule has 0 atom stereocenters. The summed E-state index contributed by atoms with van der Waals surface area (Å²) in [4.78, 5) is 11.7. The standard InChI is InChI=1S/C17H16BrFN2O4S/c1-17(9-25-10-17)16(22)20-13-6-7-14(19)15(8-13)26(23,24)21-12-4-2-11(18)3-5-12/h2-8,21H,9-10H2,1H3,(H,20,22). The van der Waals surface area contributed by atoms with E-state index in [1.807, 2.05) is 0 Å². The Morgan fingerprint density at radius 1 is 1.15 bits per heavy atom. The molecule has 1 amide bonds. The number of amides is 1. The van der Waals surface area contributed by atoms with Crippen molar-refractivity contribution in [3.63, 3.8) is 0 Å². The second kappa shape index (κ2) is 6.98. The Bertz CT molecular complexity index is 944. The Balaban J connectivity index is 1.84. The Hall–Kier alpha value is -1.97. The first-order chi connectivity index (χ1) is 12.2. The second-order valence-electron chi connectivity index (χ2n) is 6.27. The lowest BCUT2D eigenvalue weighted by Crippen LogP contribution is -2.49. The van der Waals surface area contributed by atoms with E-state index in [4.69, 9.17) is 4.74 Å². The molecule has 1 aliphatic heterocycles. The third-order valence-electron chi connectivity index (χ3n) is 3.96. The lowest BCUT2D eigenvalue weighted by molar-refractivity contribution is -0.151. The Morgan fingerprint density at radius 2 is 1.77 bits per heavy atom. The van der Waals surface area contributed by atoms with Crippen molar-refractivity contribution in [1.29, 1.82) is 0 Å². The summed E-state index contributed by atoms with van der Waals surface area (Å²) in [6, 6.07) is 9.82. The Labute approximate surface area is 158 Å². The summed E-state index contributed by atoms with van der Waals surface area (Å²) in [6.45, 7) is 2.31. The SMILES string of the molecule is CC1(C(=O)Nc2ccc(F)c(S(=O)(=O)Nc3ccc(Br)cc3)c2)COC1. The number of benzene rings is 2. The molecule has 0 radical (unpaired) electrons. The number of hydrogen-bond acceptors (Lipinski definition) is 4. The van der Waals surface area contributed by atoms with E-state index in [0.717, 1.165) is 16.6 Å². The lowest BCUT2D eigenvalue weighted by Gasteiger charge is -2.36. The van der Waals surface area contributed by atoms with Crippen molar-refractivity contribution in [2.45, 2.75) is 11.8 Å². The molecule has 6 nitrogen and oxygen atoms in total. The number of anilines is 2. The van der Waals surface area contributed by atoms with Gasteiger partial charge in [0.2, 0.25) is 5.91 Å². The first-order valence-electron chi connectivity index (χ1n) is 7.67. The summed E-state index contributed by atoms with van der Waals surface area (Å²) in [5.41, 5.74) is -0.176. The molecule has 0 spiro atoms. The van der Waals surface area contributed by atoms with Gasteiger partial charge in [-0.15, -0.1) is 0 Å². The molecule has 1 fully saturated rings. The van der Waals surface area contributed by atoms with Gasteiger partial charge in [-0.3, -0.25) is 9.52 Å². The lowest BCUT2D eigenvalue weighted by atomic mass is 9.87. The highest BCUT2D eigenvalue weighted by Gasteiger charge is 2.41. The molecule has 1 saturated heterocycles. The molecular formula is C17H16BrFN2O4S. The zero-order valence-electron chi connectivity index (χ0n) is 13.8. The minimum absolute atomic E-state index is 0.195. The molecule has 0 bridgehead atoms. The number of carbonyl (C=O) groups excluding carboxylic acids is 1. The highest BCUT2D eigenvalue weighted by atomic mass is 79.9. The van der Waals surface area contributed by atoms with Gasteiger partial charge in [-0.1, -0.05) is 15.9 Å². The van der Waals surface area contributed by atoms with Crippen LogP contribution in [0.1, 0.15) is 6.92 Å². The molecule has 26 heavy (non-hydrogen) atoms. The predicted molar refractivity (Wildman–Crippen MR) is 98.9 cm³/mol. The van der Waals surface area contributed by atoms with Crippen molar-refractivity contribution in [1.82, 2.24) is 0 Å². The minimum Gasteiger partial charge on any atom is -0.379 e. The largest absolute Gasteiger partial charge is 0.379 e. The van der Waals surface area contributed by atoms with E-state index in [9.17, 15) is 17.6 Å². The smallest absolute Gasteiger partial charge is 0.264 e. The van der Waals surface area contributed by atoms with Crippen LogP contribution in [0.5, 0.6) is 0 Å². The van der Waals surface area contributed by atoms with Gasteiger partial charge in [0, 0.05) is 15.8 Å². The van der Waals surface area contributed by atoms with E-state index in [-0.39, 0.29) is 24.8 Å². The topological polar surface area (TPSA) is 84.5 Å². The molecule has 3 rings (SSSR count). The molecule has 2 aromatic rings. The minimum atomic E-state index is -4.16. The monoisotopic (exact) mass is 442 g/mol. The third-order valence-corrected chi connectivity index (χ3v) is 5.89. The highest BCUT2D eigenvalue weighted by molar-refractivity contribution is 9.10. The normalized spacial score (nSPS) is 15.8. The summed E-state index contributed by atoms with van der Waals surface area (Å²) in [6.07, 6.45) is 0. The number of hydrogen-bond donors (Lipinski definition) is 2. The van der Waals surface area contributed by atoms with Crippen molar-refractivity contribution in [3.05, 3.63) is 52.8 Å². The molecule has 0 aliphatic carbocycles. The molecule has 138 valence electrons. The predicted octanol–water partition coefficient (Wildman–Crippen LogP) is 3.36. The quantitative estimate of drug-likeness (QED) is 0.743. The molecule has 1 aliphatic rings. The van der Waals surface area contributed by atoms with Crippen molar-refractivity contribution in [2.75, 3.05) is 23.3 Å². The third kappa shape index (κ3) is 3.89. The van der Waals surface area contributed by atoms with E-state index in [1.54, 1.807) is 31.2 Å². The van der Waals surface area contributed by atoms with Crippen LogP contribution in [0.3, 0.4) is 0 Å². The summed E-state index contributed by atoms with van der Waals surface area (Å²) in [7, 11) is -4.16. The van der Waals surface area contributed by atoms with Crippen molar-refractivity contribution >= 4 is 43.2 Å². The summed E-state index contributed by atoms with van der Waals surface area (Å²) in [5.74, 6) is -1.22. The molecule has 0 aromatic heterocycles. The van der Waals surface area contributed by atoms with Gasteiger partial charge in [0.15, 0.2) is 0 Å². The first-order valence-corrected chi connectivity index (χ1v) is 9.94. The van der Waals surface area contributed by atoms with Crippen molar-refractivity contribution < 1.29 is 22.3 Å². The van der Waals surface area contributed by atoms with Crippen molar-refractivity contribution in [2.24, 2.45) is 5.41 Å².